The molecule has 2 atom stereocenters. The smallest absolute Gasteiger partial charge is 0.243 e. The van der Waals surface area contributed by atoms with Crippen molar-refractivity contribution in [2.45, 2.75) is 24.3 Å². The molecular formula is C20H18FN3O3S2. The van der Waals surface area contributed by atoms with Gasteiger partial charge in [-0.1, -0.05) is 18.2 Å². The number of carbonyl (C=O) groups excluding carboxylic acids is 2. The zero-order valence-corrected chi connectivity index (χ0v) is 16.9. The van der Waals surface area contributed by atoms with E-state index >= 15 is 0 Å². The second-order valence-electron chi connectivity index (χ2n) is 6.55. The van der Waals surface area contributed by atoms with E-state index in [0.29, 0.717) is 23.8 Å². The summed E-state index contributed by atoms with van der Waals surface area (Å²) in [6.45, 7) is 0.226. The number of hydrogen-bond acceptors (Lipinski definition) is 6. The van der Waals surface area contributed by atoms with Crippen LogP contribution in [0.15, 0.2) is 52.5 Å². The van der Waals surface area contributed by atoms with Crippen LogP contribution in [0, 0.1) is 5.82 Å². The first kappa shape index (κ1) is 19.7. The maximum atomic E-state index is 13.0. The van der Waals surface area contributed by atoms with E-state index < -0.39 is 6.04 Å². The largest absolute Gasteiger partial charge is 0.443 e. The molecule has 0 bridgehead atoms. The average molecular weight is 432 g/mol. The Morgan fingerprint density at radius 3 is 2.86 bits per heavy atom. The van der Waals surface area contributed by atoms with Gasteiger partial charge in [-0.15, -0.1) is 23.1 Å². The molecule has 1 aliphatic rings. The first-order chi connectivity index (χ1) is 14.1. The number of nitrogens with one attached hydrogen (secondary N) is 2. The fraction of sp³-hybridized carbons (Fsp3) is 0.250. The standard InChI is InChI=1S/C20H18FN3O3S2/c21-13-5-3-12(4-6-13)8-17-19(26)24-15(11-29-17)18(25)22-9-14-10-27-20(23-14)16-2-1-7-28-16/h1-7,10,15,17H,8-9,11H2,(H,22,25)(H,24,26). The number of hydrogen-bond donors (Lipinski definition) is 2. The molecule has 2 aromatic heterocycles. The third-order valence-corrected chi connectivity index (χ3v) is 6.62. The number of oxazole rings is 1. The molecule has 4 rings (SSSR count). The van der Waals surface area contributed by atoms with Gasteiger partial charge in [0.2, 0.25) is 17.7 Å². The topological polar surface area (TPSA) is 84.2 Å². The third-order valence-electron chi connectivity index (χ3n) is 4.45. The van der Waals surface area contributed by atoms with E-state index in [1.807, 2.05) is 17.5 Å². The van der Waals surface area contributed by atoms with Crippen LogP contribution in [0.4, 0.5) is 4.39 Å². The lowest BCUT2D eigenvalue weighted by Crippen LogP contribution is -2.54. The van der Waals surface area contributed by atoms with E-state index in [1.54, 1.807) is 12.1 Å². The van der Waals surface area contributed by atoms with Crippen molar-refractivity contribution < 1.29 is 18.4 Å². The van der Waals surface area contributed by atoms with E-state index in [0.717, 1.165) is 10.4 Å². The minimum absolute atomic E-state index is 0.188. The van der Waals surface area contributed by atoms with Gasteiger partial charge in [-0.3, -0.25) is 9.59 Å². The fourth-order valence-electron chi connectivity index (χ4n) is 2.92. The van der Waals surface area contributed by atoms with Gasteiger partial charge >= 0.3 is 0 Å². The number of thioether (sulfide) groups is 1. The third kappa shape index (κ3) is 4.86. The molecule has 150 valence electrons. The van der Waals surface area contributed by atoms with Crippen LogP contribution in [0.2, 0.25) is 0 Å². The SMILES string of the molecule is O=C(NCc1coc(-c2cccs2)n1)C1CSC(Cc2ccc(F)cc2)C(=O)N1. The van der Waals surface area contributed by atoms with Gasteiger partial charge in [-0.25, -0.2) is 9.37 Å². The Balaban J connectivity index is 1.27. The monoisotopic (exact) mass is 431 g/mol. The van der Waals surface area contributed by atoms with Crippen LogP contribution in [0.1, 0.15) is 11.3 Å². The lowest BCUT2D eigenvalue weighted by molar-refractivity contribution is -0.128. The molecule has 3 heterocycles. The molecule has 2 unspecified atom stereocenters. The number of thiophene rings is 1. The van der Waals surface area contributed by atoms with Gasteiger partial charge in [0.05, 0.1) is 22.4 Å². The summed E-state index contributed by atoms with van der Waals surface area (Å²) >= 11 is 2.96. The van der Waals surface area contributed by atoms with Crippen LogP contribution in [-0.4, -0.2) is 33.8 Å². The highest BCUT2D eigenvalue weighted by atomic mass is 32.2. The molecule has 29 heavy (non-hydrogen) atoms. The molecule has 1 saturated heterocycles. The molecule has 0 radical (unpaired) electrons. The van der Waals surface area contributed by atoms with Gasteiger partial charge in [0.1, 0.15) is 18.1 Å². The number of halogens is 1. The molecule has 6 nitrogen and oxygen atoms in total. The summed E-state index contributed by atoms with van der Waals surface area (Å²) in [4.78, 5) is 30.1. The van der Waals surface area contributed by atoms with Gasteiger partial charge in [0.25, 0.3) is 0 Å². The Labute approximate surface area is 174 Å². The molecule has 1 fully saturated rings. The molecule has 0 spiro atoms. The Morgan fingerprint density at radius 2 is 2.14 bits per heavy atom. The Hall–Kier alpha value is -2.65. The van der Waals surface area contributed by atoms with E-state index in [2.05, 4.69) is 15.6 Å². The highest BCUT2D eigenvalue weighted by Crippen LogP contribution is 2.24. The quantitative estimate of drug-likeness (QED) is 0.627. The van der Waals surface area contributed by atoms with Crippen molar-refractivity contribution in [2.24, 2.45) is 0 Å². The summed E-state index contributed by atoms with van der Waals surface area (Å²) in [7, 11) is 0. The van der Waals surface area contributed by atoms with Gasteiger partial charge in [-0.05, 0) is 35.6 Å². The minimum Gasteiger partial charge on any atom is -0.443 e. The molecule has 0 aliphatic carbocycles. The maximum Gasteiger partial charge on any atom is 0.243 e. The predicted octanol–water partition coefficient (Wildman–Crippen LogP) is 3.00. The first-order valence-corrected chi connectivity index (χ1v) is 10.9. The lowest BCUT2D eigenvalue weighted by Gasteiger charge is -2.28. The zero-order chi connectivity index (χ0) is 20.2. The van der Waals surface area contributed by atoms with Crippen LogP contribution < -0.4 is 10.6 Å². The summed E-state index contributed by atoms with van der Waals surface area (Å²) in [5.74, 6) is 0.247. The summed E-state index contributed by atoms with van der Waals surface area (Å²) in [5, 5.41) is 7.20. The number of aromatic nitrogens is 1. The van der Waals surface area contributed by atoms with Crippen LogP contribution in [-0.2, 0) is 22.6 Å². The van der Waals surface area contributed by atoms with Crippen LogP contribution in [0.3, 0.4) is 0 Å². The van der Waals surface area contributed by atoms with Crippen molar-refractivity contribution in [1.82, 2.24) is 15.6 Å². The van der Waals surface area contributed by atoms with Crippen molar-refractivity contribution >= 4 is 34.9 Å². The summed E-state index contributed by atoms with van der Waals surface area (Å²) in [6.07, 6.45) is 2.01. The highest BCUT2D eigenvalue weighted by Gasteiger charge is 2.32. The Morgan fingerprint density at radius 1 is 1.31 bits per heavy atom. The zero-order valence-electron chi connectivity index (χ0n) is 15.3. The number of rotatable bonds is 6. The van der Waals surface area contributed by atoms with Crippen LogP contribution in [0.25, 0.3) is 10.8 Å². The van der Waals surface area contributed by atoms with Crippen LogP contribution in [0.5, 0.6) is 0 Å². The minimum atomic E-state index is -0.597. The Bertz CT molecular complexity index is 989. The molecule has 0 saturated carbocycles. The van der Waals surface area contributed by atoms with Crippen molar-refractivity contribution in [3.63, 3.8) is 0 Å². The predicted molar refractivity (Wildman–Crippen MR) is 110 cm³/mol. The number of amides is 2. The molecule has 1 aromatic carbocycles. The lowest BCUT2D eigenvalue weighted by atomic mass is 10.1. The summed E-state index contributed by atoms with van der Waals surface area (Å²) in [6, 6.07) is 9.33. The second-order valence-corrected chi connectivity index (χ2v) is 8.74. The molecule has 1 aliphatic heterocycles. The molecule has 3 aromatic rings. The van der Waals surface area contributed by atoms with Gasteiger partial charge in [0, 0.05) is 5.75 Å². The summed E-state index contributed by atoms with van der Waals surface area (Å²) < 4.78 is 18.4. The van der Waals surface area contributed by atoms with Crippen molar-refractivity contribution in [3.8, 4) is 10.8 Å². The molecule has 2 N–H and O–H groups in total. The number of nitrogens with zero attached hydrogens (tertiary/aromatic N) is 1. The molecule has 9 heteroatoms. The van der Waals surface area contributed by atoms with Crippen molar-refractivity contribution in [1.29, 1.82) is 0 Å². The van der Waals surface area contributed by atoms with E-state index in [1.165, 1.54) is 41.5 Å². The van der Waals surface area contributed by atoms with Crippen molar-refractivity contribution in [2.75, 3.05) is 5.75 Å². The van der Waals surface area contributed by atoms with Gasteiger partial charge in [-0.2, -0.15) is 0 Å². The summed E-state index contributed by atoms with van der Waals surface area (Å²) in [5.41, 5.74) is 1.50. The maximum absolute atomic E-state index is 13.0. The molecular weight excluding hydrogens is 413 g/mol. The fourth-order valence-corrected chi connectivity index (χ4v) is 4.77. The van der Waals surface area contributed by atoms with Gasteiger partial charge < -0.3 is 15.1 Å². The Kier molecular flexibility index (Phi) is 5.96. The second kappa shape index (κ2) is 8.79. The van der Waals surface area contributed by atoms with Crippen molar-refractivity contribution in [3.05, 3.63) is 65.1 Å². The average Bonchev–Trinajstić information content (AvgIpc) is 3.41. The number of carbonyl (C=O) groups is 2. The van der Waals surface area contributed by atoms with E-state index in [4.69, 9.17) is 4.42 Å². The molecule has 2 amide bonds. The van der Waals surface area contributed by atoms with Gasteiger partial charge in [0.15, 0.2) is 0 Å². The van der Waals surface area contributed by atoms with E-state index in [-0.39, 0.29) is 29.4 Å². The first-order valence-electron chi connectivity index (χ1n) is 9.01. The van der Waals surface area contributed by atoms with Crippen LogP contribution >= 0.6 is 23.1 Å². The normalized spacial score (nSPS) is 19.0. The van der Waals surface area contributed by atoms with E-state index in [9.17, 15) is 14.0 Å². The number of benzene rings is 1. The highest BCUT2D eigenvalue weighted by molar-refractivity contribution is 8.00.